The van der Waals surface area contributed by atoms with Gasteiger partial charge in [0, 0.05) is 118 Å². The van der Waals surface area contributed by atoms with Crippen LogP contribution in [0, 0.1) is 0 Å². The molecule has 43 heteroatoms. The maximum absolute atomic E-state index is 13.8. The smallest absolute Gasteiger partial charge is 0.303 e. The Morgan fingerprint density at radius 1 is 0.168 bits per heavy atom. The van der Waals surface area contributed by atoms with Crippen molar-refractivity contribution in [2.45, 2.75) is 271 Å². The van der Waals surface area contributed by atoms with E-state index in [4.69, 9.17) is 123 Å². The Morgan fingerprint density at radius 2 is 0.299 bits per heavy atom. The summed E-state index contributed by atoms with van der Waals surface area (Å²) in [5.74, 6) is -18.9. The van der Waals surface area contributed by atoms with E-state index in [0.29, 0.717) is 0 Å². The third-order valence-electron chi connectivity index (χ3n) is 15.0. The fraction of sp³-hybridized carbons (Fsp3) is 0.734. The molecule has 0 spiro atoms. The zero-order valence-electron chi connectivity index (χ0n) is 61.0. The molecule has 0 radical (unpaired) electrons. The molecular weight excluding hydrogens is 1460 g/mol. The molecule has 0 unspecified atom stereocenters. The van der Waals surface area contributed by atoms with Crippen molar-refractivity contribution in [3.8, 4) is 0 Å². The van der Waals surface area contributed by atoms with Crippen LogP contribution in [0.5, 0.6) is 0 Å². The van der Waals surface area contributed by atoms with E-state index in [0.717, 1.165) is 118 Å². The van der Waals surface area contributed by atoms with E-state index < -0.39 is 288 Å². The lowest BCUT2D eigenvalue weighted by Gasteiger charge is -2.51. The monoisotopic (exact) mass is 1540 g/mol. The molecule has 0 N–H and O–H groups in total. The van der Waals surface area contributed by atoms with Gasteiger partial charge in [0.25, 0.3) is 0 Å². The normalized spacial score (nSPS) is 32.3. The molecule has 107 heavy (non-hydrogen) atoms. The van der Waals surface area contributed by atoms with Gasteiger partial charge < -0.3 is 123 Å². The van der Waals surface area contributed by atoms with Gasteiger partial charge in [-0.05, 0) is 0 Å². The second kappa shape index (κ2) is 40.5. The van der Waals surface area contributed by atoms with Gasteiger partial charge in [-0.3, -0.25) is 81.5 Å². The Hall–Kier alpha value is -9.37. The first-order valence-corrected chi connectivity index (χ1v) is 32.7. The van der Waals surface area contributed by atoms with Crippen molar-refractivity contribution in [1.82, 2.24) is 0 Å². The van der Waals surface area contributed by atoms with Crippen molar-refractivity contribution < 1.29 is 205 Å². The number of esters is 17. The molecule has 0 amide bonds. The molecule has 5 fully saturated rings. The molecule has 0 aromatic carbocycles. The number of ether oxygens (including phenoxy) is 26. The predicted octanol–water partition coefficient (Wildman–Crippen LogP) is -2.22. The van der Waals surface area contributed by atoms with Crippen molar-refractivity contribution in [3.63, 3.8) is 0 Å². The van der Waals surface area contributed by atoms with Crippen LogP contribution < -0.4 is 0 Å². The predicted molar refractivity (Wildman–Crippen MR) is 329 cm³/mol. The molecule has 5 heterocycles. The van der Waals surface area contributed by atoms with Gasteiger partial charge in [0.1, 0.15) is 81.9 Å². The van der Waals surface area contributed by atoms with Crippen molar-refractivity contribution in [3.05, 3.63) is 0 Å². The van der Waals surface area contributed by atoms with Crippen LogP contribution >= 0.6 is 0 Å². The van der Waals surface area contributed by atoms with Crippen molar-refractivity contribution in [2.24, 2.45) is 0 Å². The Bertz CT molecular complexity index is 3240. The zero-order chi connectivity index (χ0) is 80.2. The quantitative estimate of drug-likeness (QED) is 0.0543. The third kappa shape index (κ3) is 26.8. The van der Waals surface area contributed by atoms with E-state index in [9.17, 15) is 81.5 Å². The summed E-state index contributed by atoms with van der Waals surface area (Å²) >= 11 is 0. The van der Waals surface area contributed by atoms with E-state index in [1.54, 1.807) is 0 Å². The summed E-state index contributed by atoms with van der Waals surface area (Å²) in [6.45, 7) is 10.6. The fourth-order valence-corrected chi connectivity index (χ4v) is 11.6. The molecule has 0 saturated carbocycles. The highest BCUT2D eigenvalue weighted by Gasteiger charge is 2.63. The molecule has 0 aromatic heterocycles. The zero-order valence-corrected chi connectivity index (χ0v) is 61.0. The molecule has 25 atom stereocenters. The Morgan fingerprint density at radius 3 is 0.458 bits per heavy atom. The molecule has 0 bridgehead atoms. The second-order valence-corrected chi connectivity index (χ2v) is 24.1. The van der Waals surface area contributed by atoms with Gasteiger partial charge in [0.05, 0.1) is 0 Å². The molecular formula is C64H86O43. The molecule has 600 valence electrons. The van der Waals surface area contributed by atoms with Crippen LogP contribution in [0.4, 0.5) is 0 Å². The van der Waals surface area contributed by atoms with Crippen molar-refractivity contribution in [2.75, 3.05) is 33.0 Å². The summed E-state index contributed by atoms with van der Waals surface area (Å²) < 4.78 is 153. The summed E-state index contributed by atoms with van der Waals surface area (Å²) in [6.07, 6.45) is -53.0. The molecule has 0 aromatic rings. The SMILES string of the molecule is CC(=O)OC[C@@H]1O[C@H](O[C@H]2O[C@@H](COC(C)=O)[C@H](OC(C)=O)[C@@H](O[C@H]3O[C@@H](COC(C)=O)[C@H](OC(C)=O)[C@@H](O[C@H]4O[C@@H](COC(C)=O)[C@H](OC(C)=O)[C@@H](O[C@H]5O[C@@H](COC(C)=O)[C@H](OC(C)=O)[C@@H](OC(C)=O)[C@@H]5OC(C)=O)[C@@H]4OC(C)=O)[C@@H]3OC(C)=O)[C@@H]2OC(C)=O)[C@@H](OC(C)=O)[C@H](OC(C)=O)[C@H]1OC(C)=O. The lowest BCUT2D eigenvalue weighted by molar-refractivity contribution is -0.401. The largest absolute Gasteiger partial charge is 0.463 e. The van der Waals surface area contributed by atoms with Gasteiger partial charge in [-0.25, -0.2) is 0 Å². The first-order chi connectivity index (χ1) is 50.0. The molecule has 43 nitrogen and oxygen atoms in total. The summed E-state index contributed by atoms with van der Waals surface area (Å²) in [7, 11) is 0. The summed E-state index contributed by atoms with van der Waals surface area (Å²) in [4.78, 5) is 222. The average molecular weight is 1540 g/mol. The number of hydrogen-bond donors (Lipinski definition) is 0. The summed E-state index contributed by atoms with van der Waals surface area (Å²) in [6, 6.07) is 0. The van der Waals surface area contributed by atoms with Crippen molar-refractivity contribution >= 4 is 101 Å². The molecule has 5 saturated heterocycles. The van der Waals surface area contributed by atoms with E-state index in [1.807, 2.05) is 0 Å². The standard InChI is InChI=1S/C64H86O43/c1-23(65)82-18-40-45(87-28(6)70)50(92-33(11)75)55(94-35(13)77)60(99-40)104-52-47(89-30(8)72)42(20-84-25(3)67)100-61(57(52)96-37(15)79)105-53-48(90-31(9)73)43(21-85-26(4)68)101-62(58(53)97-38(16)80)106-54-49(91-32(10)74)44(22-86-27(5)69)103-64(59(54)98-39(17)81)107-63-56(95-36(14)78)51(93-34(12)76)46(88-29(7)71)41(102-63)19-83-24(2)66/h40-64H,18-22H2,1-17H3/t40-,41-,42-,43-,44-,45-,46-,47-,48-,49-,50+,51+,52+,53+,54+,55-,56-,57-,58-,59-,60+,61+,62+,63+,64+/m0/s1. The van der Waals surface area contributed by atoms with Crippen LogP contribution in [-0.2, 0) is 205 Å². The Kier molecular flexibility index (Phi) is 33.4. The van der Waals surface area contributed by atoms with E-state index in [2.05, 4.69) is 0 Å². The third-order valence-corrected chi connectivity index (χ3v) is 15.0. The van der Waals surface area contributed by atoms with Crippen LogP contribution in [0.15, 0.2) is 0 Å². The summed E-state index contributed by atoms with van der Waals surface area (Å²) in [5.41, 5.74) is 0. The number of rotatable bonds is 30. The van der Waals surface area contributed by atoms with E-state index in [-0.39, 0.29) is 0 Å². The maximum atomic E-state index is 13.8. The number of hydrogen-bond acceptors (Lipinski definition) is 43. The van der Waals surface area contributed by atoms with Crippen molar-refractivity contribution in [1.29, 1.82) is 0 Å². The molecule has 5 aliphatic heterocycles. The Balaban J connectivity index is 1.85. The van der Waals surface area contributed by atoms with Crippen LogP contribution in [0.3, 0.4) is 0 Å². The highest BCUT2D eigenvalue weighted by atomic mass is 16.8. The summed E-state index contributed by atoms with van der Waals surface area (Å²) in [5, 5.41) is 0. The van der Waals surface area contributed by atoms with Crippen LogP contribution in [0.2, 0.25) is 0 Å². The van der Waals surface area contributed by atoms with Gasteiger partial charge in [0.2, 0.25) is 12.6 Å². The Labute approximate surface area is 608 Å². The lowest BCUT2D eigenvalue weighted by atomic mass is 9.94. The highest BCUT2D eigenvalue weighted by molar-refractivity contribution is 5.72. The van der Waals surface area contributed by atoms with Gasteiger partial charge >= 0.3 is 101 Å². The molecule has 0 aliphatic carbocycles. The first-order valence-electron chi connectivity index (χ1n) is 32.7. The fourth-order valence-electron chi connectivity index (χ4n) is 11.6. The first kappa shape index (κ1) is 88.3. The molecule has 5 aliphatic rings. The van der Waals surface area contributed by atoms with Crippen LogP contribution in [0.1, 0.15) is 118 Å². The van der Waals surface area contributed by atoms with Gasteiger partial charge in [-0.1, -0.05) is 0 Å². The minimum absolute atomic E-state index is 0.805. The van der Waals surface area contributed by atoms with Crippen LogP contribution in [0.25, 0.3) is 0 Å². The minimum Gasteiger partial charge on any atom is -0.463 e. The topological polar surface area (TPSA) is 530 Å². The highest BCUT2D eigenvalue weighted by Crippen LogP contribution is 2.42. The average Bonchev–Trinajstić information content (AvgIpc) is 0.759. The van der Waals surface area contributed by atoms with E-state index in [1.165, 1.54) is 0 Å². The van der Waals surface area contributed by atoms with Gasteiger partial charge in [-0.2, -0.15) is 0 Å². The van der Waals surface area contributed by atoms with Crippen LogP contribution in [-0.4, -0.2) is 288 Å². The van der Waals surface area contributed by atoms with E-state index >= 15 is 0 Å². The maximum Gasteiger partial charge on any atom is 0.303 e. The van der Waals surface area contributed by atoms with Gasteiger partial charge in [0.15, 0.2) is 92.1 Å². The minimum atomic E-state index is -2.47. The molecule has 5 rings (SSSR count). The lowest BCUT2D eigenvalue weighted by Crippen LogP contribution is -2.70. The number of carbonyl (C=O) groups is 17. The second-order valence-electron chi connectivity index (χ2n) is 24.1. The number of carbonyl (C=O) groups excluding carboxylic acids is 17. The van der Waals surface area contributed by atoms with Gasteiger partial charge in [-0.15, -0.1) is 0 Å².